The lowest BCUT2D eigenvalue weighted by molar-refractivity contribution is -0.126. The van der Waals surface area contributed by atoms with Gasteiger partial charge in [-0.25, -0.2) is 0 Å². The first-order valence-electron chi connectivity index (χ1n) is 7.45. The van der Waals surface area contributed by atoms with Gasteiger partial charge in [0.15, 0.2) is 0 Å². The summed E-state index contributed by atoms with van der Waals surface area (Å²) in [6.07, 6.45) is 2.11. The van der Waals surface area contributed by atoms with E-state index >= 15 is 0 Å². The van der Waals surface area contributed by atoms with Crippen LogP contribution in [-0.2, 0) is 22.4 Å². The molecule has 0 bridgehead atoms. The average molecular weight is 290 g/mol. The van der Waals surface area contributed by atoms with Crippen LogP contribution in [0.3, 0.4) is 0 Å². The van der Waals surface area contributed by atoms with Gasteiger partial charge in [0.05, 0.1) is 6.54 Å². The first-order valence-corrected chi connectivity index (χ1v) is 7.45. The van der Waals surface area contributed by atoms with Crippen LogP contribution in [0.4, 0.5) is 0 Å². The van der Waals surface area contributed by atoms with E-state index < -0.39 is 0 Å². The molecule has 4 heteroatoms. The van der Waals surface area contributed by atoms with Crippen LogP contribution in [0.25, 0.3) is 0 Å². The van der Waals surface area contributed by atoms with E-state index in [1.165, 1.54) is 5.56 Å². The van der Waals surface area contributed by atoms with E-state index in [1.54, 1.807) is 0 Å². The summed E-state index contributed by atoms with van der Waals surface area (Å²) in [7, 11) is 0. The quantitative estimate of drug-likeness (QED) is 0.844. The van der Waals surface area contributed by atoms with Crippen molar-refractivity contribution in [2.45, 2.75) is 52.5 Å². The van der Waals surface area contributed by atoms with E-state index in [0.29, 0.717) is 12.8 Å². The minimum Gasteiger partial charge on any atom is -0.350 e. The summed E-state index contributed by atoms with van der Waals surface area (Å²) in [6, 6.07) is 8.28. The first-order chi connectivity index (χ1) is 9.80. The summed E-state index contributed by atoms with van der Waals surface area (Å²) < 4.78 is 0. The highest BCUT2D eigenvalue weighted by atomic mass is 16.2. The molecule has 0 radical (unpaired) electrons. The second-order valence-corrected chi connectivity index (χ2v) is 6.24. The maximum absolute atomic E-state index is 11.7. The number of hydrogen-bond donors (Lipinski definition) is 2. The first kappa shape index (κ1) is 17.2. The summed E-state index contributed by atoms with van der Waals surface area (Å²) in [4.78, 5) is 23.3. The zero-order valence-electron chi connectivity index (χ0n) is 13.5. The molecule has 0 atom stereocenters. The van der Waals surface area contributed by atoms with Crippen molar-refractivity contribution in [1.29, 1.82) is 0 Å². The monoisotopic (exact) mass is 290 g/mol. The number of carbonyl (C=O) groups is 2. The molecule has 4 nitrogen and oxygen atoms in total. The Morgan fingerprint density at radius 1 is 1.00 bits per heavy atom. The van der Waals surface area contributed by atoms with E-state index in [1.807, 2.05) is 20.8 Å². The molecule has 116 valence electrons. The highest BCUT2D eigenvalue weighted by Gasteiger charge is 2.14. The number of rotatable bonds is 6. The predicted octanol–water partition coefficient (Wildman–Crippen LogP) is 2.21. The van der Waals surface area contributed by atoms with Crippen molar-refractivity contribution < 1.29 is 9.59 Å². The normalized spacial score (nSPS) is 11.0. The Balaban J connectivity index is 2.29. The number of nitrogens with one attached hydrogen (secondary N) is 2. The molecule has 2 N–H and O–H groups in total. The van der Waals surface area contributed by atoms with Gasteiger partial charge in [-0.3, -0.25) is 9.59 Å². The van der Waals surface area contributed by atoms with Crippen LogP contribution in [0.5, 0.6) is 0 Å². The summed E-state index contributed by atoms with van der Waals surface area (Å²) in [6.45, 7) is 7.88. The highest BCUT2D eigenvalue weighted by molar-refractivity contribution is 5.85. The lowest BCUT2D eigenvalue weighted by Crippen LogP contribution is -2.45. The molecule has 0 saturated heterocycles. The van der Waals surface area contributed by atoms with E-state index in [4.69, 9.17) is 0 Å². The Hall–Kier alpha value is -1.84. The molecule has 1 aromatic carbocycles. The van der Waals surface area contributed by atoms with Crippen molar-refractivity contribution in [3.05, 3.63) is 35.4 Å². The Bertz CT molecular complexity index is 473. The van der Waals surface area contributed by atoms with Crippen LogP contribution >= 0.6 is 0 Å². The fraction of sp³-hybridized carbons (Fsp3) is 0.529. The number of amides is 2. The second kappa shape index (κ2) is 7.81. The van der Waals surface area contributed by atoms with Gasteiger partial charge in [0.2, 0.25) is 11.8 Å². The number of hydrogen-bond acceptors (Lipinski definition) is 2. The third-order valence-corrected chi connectivity index (χ3v) is 3.03. The Morgan fingerprint density at radius 3 is 2.10 bits per heavy atom. The molecular formula is C17H26N2O2. The molecule has 0 heterocycles. The van der Waals surface area contributed by atoms with Gasteiger partial charge in [-0.2, -0.15) is 0 Å². The molecule has 0 aromatic heterocycles. The summed E-state index contributed by atoms with van der Waals surface area (Å²) >= 11 is 0. The van der Waals surface area contributed by atoms with Gasteiger partial charge in [0, 0.05) is 12.0 Å². The third kappa shape index (κ3) is 7.49. The molecule has 2 amide bonds. The van der Waals surface area contributed by atoms with Crippen molar-refractivity contribution in [1.82, 2.24) is 10.6 Å². The molecule has 0 spiro atoms. The lowest BCUT2D eigenvalue weighted by Gasteiger charge is -2.20. The van der Waals surface area contributed by atoms with Crippen LogP contribution in [-0.4, -0.2) is 23.9 Å². The van der Waals surface area contributed by atoms with Crippen molar-refractivity contribution >= 4 is 11.8 Å². The van der Waals surface area contributed by atoms with Gasteiger partial charge in [-0.15, -0.1) is 0 Å². The van der Waals surface area contributed by atoms with Gasteiger partial charge < -0.3 is 10.6 Å². The molecule has 0 fully saturated rings. The SMILES string of the molecule is CCc1ccc(CCC(=O)NCC(=O)NC(C)(C)C)cc1. The van der Waals surface area contributed by atoms with Gasteiger partial charge >= 0.3 is 0 Å². The lowest BCUT2D eigenvalue weighted by atomic mass is 10.1. The fourth-order valence-corrected chi connectivity index (χ4v) is 1.93. The van der Waals surface area contributed by atoms with Gasteiger partial charge in [0.1, 0.15) is 0 Å². The number of carbonyl (C=O) groups excluding carboxylic acids is 2. The summed E-state index contributed by atoms with van der Waals surface area (Å²) in [5.74, 6) is -0.262. The van der Waals surface area contributed by atoms with Crippen molar-refractivity contribution in [2.75, 3.05) is 6.54 Å². The van der Waals surface area contributed by atoms with E-state index in [-0.39, 0.29) is 23.9 Å². The Kier molecular flexibility index (Phi) is 6.40. The van der Waals surface area contributed by atoms with Crippen molar-refractivity contribution in [2.24, 2.45) is 0 Å². The molecule has 0 unspecified atom stereocenters. The number of aryl methyl sites for hydroxylation is 2. The smallest absolute Gasteiger partial charge is 0.239 e. The summed E-state index contributed by atoms with van der Waals surface area (Å²) in [5.41, 5.74) is 2.16. The van der Waals surface area contributed by atoms with Crippen molar-refractivity contribution in [3.63, 3.8) is 0 Å². The molecular weight excluding hydrogens is 264 g/mol. The Labute approximate surface area is 127 Å². The minimum atomic E-state index is -0.275. The third-order valence-electron chi connectivity index (χ3n) is 3.03. The zero-order valence-corrected chi connectivity index (χ0v) is 13.5. The van der Waals surface area contributed by atoms with Gasteiger partial charge in [-0.05, 0) is 44.7 Å². The Morgan fingerprint density at radius 2 is 1.57 bits per heavy atom. The average Bonchev–Trinajstić information content (AvgIpc) is 2.41. The molecule has 21 heavy (non-hydrogen) atoms. The highest BCUT2D eigenvalue weighted by Crippen LogP contribution is 2.07. The maximum Gasteiger partial charge on any atom is 0.239 e. The molecule has 0 aliphatic carbocycles. The fourth-order valence-electron chi connectivity index (χ4n) is 1.93. The van der Waals surface area contributed by atoms with Crippen LogP contribution in [0.1, 0.15) is 45.2 Å². The molecule has 1 aromatic rings. The van der Waals surface area contributed by atoms with E-state index in [0.717, 1.165) is 12.0 Å². The topological polar surface area (TPSA) is 58.2 Å². The summed E-state index contributed by atoms with van der Waals surface area (Å²) in [5, 5.41) is 5.45. The van der Waals surface area contributed by atoms with Crippen LogP contribution in [0.15, 0.2) is 24.3 Å². The molecule has 1 rings (SSSR count). The van der Waals surface area contributed by atoms with Crippen LogP contribution < -0.4 is 10.6 Å². The molecule has 0 aliphatic heterocycles. The zero-order chi connectivity index (χ0) is 15.9. The molecule has 0 aliphatic rings. The predicted molar refractivity (Wildman–Crippen MR) is 85.0 cm³/mol. The van der Waals surface area contributed by atoms with E-state index in [2.05, 4.69) is 41.8 Å². The van der Waals surface area contributed by atoms with E-state index in [9.17, 15) is 9.59 Å². The maximum atomic E-state index is 11.7. The van der Waals surface area contributed by atoms with Gasteiger partial charge in [-0.1, -0.05) is 31.2 Å². The number of benzene rings is 1. The minimum absolute atomic E-state index is 0.0326. The van der Waals surface area contributed by atoms with Crippen LogP contribution in [0.2, 0.25) is 0 Å². The molecule has 0 saturated carbocycles. The van der Waals surface area contributed by atoms with Gasteiger partial charge in [0.25, 0.3) is 0 Å². The largest absolute Gasteiger partial charge is 0.350 e. The second-order valence-electron chi connectivity index (χ2n) is 6.24. The standard InChI is InChI=1S/C17H26N2O2/c1-5-13-6-8-14(9-7-13)10-11-15(20)18-12-16(21)19-17(2,3)4/h6-9H,5,10-12H2,1-4H3,(H,18,20)(H,19,21). The van der Waals surface area contributed by atoms with Crippen LogP contribution in [0, 0.1) is 0 Å². The van der Waals surface area contributed by atoms with Crippen molar-refractivity contribution in [3.8, 4) is 0 Å².